The maximum atomic E-state index is 12.8. The SMILES string of the molecule is NC(=O)[C@@H]1CN(C(=O)c2cccnc2Oc2ccccc2)CCO1. The molecule has 124 valence electrons. The topological polar surface area (TPSA) is 94.8 Å². The third kappa shape index (κ3) is 3.52. The van der Waals surface area contributed by atoms with Crippen LogP contribution in [0.15, 0.2) is 48.7 Å². The van der Waals surface area contributed by atoms with E-state index in [9.17, 15) is 9.59 Å². The third-order valence-corrected chi connectivity index (χ3v) is 3.63. The van der Waals surface area contributed by atoms with Gasteiger partial charge >= 0.3 is 0 Å². The first kappa shape index (κ1) is 15.9. The van der Waals surface area contributed by atoms with Crippen LogP contribution >= 0.6 is 0 Å². The van der Waals surface area contributed by atoms with Gasteiger partial charge in [-0.1, -0.05) is 18.2 Å². The van der Waals surface area contributed by atoms with Crippen molar-refractivity contribution < 1.29 is 19.1 Å². The van der Waals surface area contributed by atoms with Gasteiger partial charge in [0.2, 0.25) is 11.8 Å². The number of benzene rings is 1. The van der Waals surface area contributed by atoms with Crippen LogP contribution in [0.25, 0.3) is 0 Å². The number of carbonyl (C=O) groups excluding carboxylic acids is 2. The fourth-order valence-electron chi connectivity index (χ4n) is 2.41. The molecule has 1 aromatic heterocycles. The highest BCUT2D eigenvalue weighted by molar-refractivity contribution is 5.97. The number of hydrogen-bond acceptors (Lipinski definition) is 5. The molecule has 7 heteroatoms. The van der Waals surface area contributed by atoms with Gasteiger partial charge in [-0.25, -0.2) is 4.98 Å². The fourth-order valence-corrected chi connectivity index (χ4v) is 2.41. The molecule has 1 aromatic carbocycles. The van der Waals surface area contributed by atoms with Gasteiger partial charge in [0.1, 0.15) is 11.3 Å². The molecule has 2 heterocycles. The Morgan fingerprint density at radius 1 is 1.21 bits per heavy atom. The summed E-state index contributed by atoms with van der Waals surface area (Å²) in [6.07, 6.45) is 0.762. The van der Waals surface area contributed by atoms with E-state index in [1.807, 2.05) is 18.2 Å². The smallest absolute Gasteiger partial charge is 0.259 e. The summed E-state index contributed by atoms with van der Waals surface area (Å²) in [5, 5.41) is 0. The fraction of sp³-hybridized carbons (Fsp3) is 0.235. The van der Waals surface area contributed by atoms with Crippen LogP contribution in [0.3, 0.4) is 0 Å². The Morgan fingerprint density at radius 2 is 2.00 bits per heavy atom. The van der Waals surface area contributed by atoms with E-state index in [4.69, 9.17) is 15.2 Å². The van der Waals surface area contributed by atoms with Gasteiger partial charge in [-0.05, 0) is 24.3 Å². The van der Waals surface area contributed by atoms with Crippen LogP contribution < -0.4 is 10.5 Å². The molecule has 3 rings (SSSR count). The number of aromatic nitrogens is 1. The van der Waals surface area contributed by atoms with Gasteiger partial charge in [-0.3, -0.25) is 9.59 Å². The zero-order chi connectivity index (χ0) is 16.9. The number of carbonyl (C=O) groups is 2. The molecule has 0 radical (unpaired) electrons. The second-order valence-electron chi connectivity index (χ2n) is 5.28. The maximum absolute atomic E-state index is 12.8. The Hall–Kier alpha value is -2.93. The minimum atomic E-state index is -0.794. The Morgan fingerprint density at radius 3 is 2.75 bits per heavy atom. The predicted molar refractivity (Wildman–Crippen MR) is 85.6 cm³/mol. The average Bonchev–Trinajstić information content (AvgIpc) is 2.62. The largest absolute Gasteiger partial charge is 0.438 e. The van der Waals surface area contributed by atoms with Gasteiger partial charge < -0.3 is 20.1 Å². The molecular weight excluding hydrogens is 310 g/mol. The highest BCUT2D eigenvalue weighted by Gasteiger charge is 2.29. The van der Waals surface area contributed by atoms with Crippen molar-refractivity contribution in [1.29, 1.82) is 0 Å². The first-order chi connectivity index (χ1) is 11.6. The van der Waals surface area contributed by atoms with E-state index in [2.05, 4.69) is 4.98 Å². The molecule has 0 saturated carbocycles. The molecule has 2 aromatic rings. The Labute approximate surface area is 139 Å². The molecule has 1 aliphatic rings. The zero-order valence-electron chi connectivity index (χ0n) is 12.9. The molecule has 7 nitrogen and oxygen atoms in total. The third-order valence-electron chi connectivity index (χ3n) is 3.63. The first-order valence-electron chi connectivity index (χ1n) is 7.53. The van der Waals surface area contributed by atoms with Crippen LogP contribution in [0, 0.1) is 0 Å². The molecule has 1 fully saturated rings. The number of pyridine rings is 1. The first-order valence-corrected chi connectivity index (χ1v) is 7.53. The average molecular weight is 327 g/mol. The number of hydrogen-bond donors (Lipinski definition) is 1. The number of ether oxygens (including phenoxy) is 2. The molecular formula is C17H17N3O4. The highest BCUT2D eigenvalue weighted by Crippen LogP contribution is 2.24. The molecule has 1 saturated heterocycles. The summed E-state index contributed by atoms with van der Waals surface area (Å²) in [5.74, 6) is -0.0546. The van der Waals surface area contributed by atoms with E-state index >= 15 is 0 Å². The standard InChI is InChI=1S/C17H17N3O4/c18-15(21)14-11-20(9-10-23-14)17(22)13-7-4-8-19-16(13)24-12-5-2-1-3-6-12/h1-8,14H,9-11H2,(H2,18,21)/t14-/m0/s1. The molecule has 24 heavy (non-hydrogen) atoms. The Bertz CT molecular complexity index is 736. The molecule has 2 N–H and O–H groups in total. The van der Waals surface area contributed by atoms with Crippen molar-refractivity contribution in [3.05, 3.63) is 54.2 Å². The van der Waals surface area contributed by atoms with Crippen molar-refractivity contribution in [2.24, 2.45) is 5.73 Å². The van der Waals surface area contributed by atoms with E-state index in [1.54, 1.807) is 30.5 Å². The van der Waals surface area contributed by atoms with E-state index in [0.717, 1.165) is 0 Å². The number of amides is 2. The van der Waals surface area contributed by atoms with Gasteiger partial charge in [-0.15, -0.1) is 0 Å². The molecule has 0 bridgehead atoms. The molecule has 0 unspecified atom stereocenters. The number of rotatable bonds is 4. The summed E-state index contributed by atoms with van der Waals surface area (Å²) >= 11 is 0. The van der Waals surface area contributed by atoms with Crippen molar-refractivity contribution in [1.82, 2.24) is 9.88 Å². The number of morpholine rings is 1. The lowest BCUT2D eigenvalue weighted by Gasteiger charge is -2.31. The van der Waals surface area contributed by atoms with Crippen molar-refractivity contribution in [3.8, 4) is 11.6 Å². The van der Waals surface area contributed by atoms with Crippen LogP contribution in [0.2, 0.25) is 0 Å². The lowest BCUT2D eigenvalue weighted by Crippen LogP contribution is -2.50. The Kier molecular flexibility index (Phi) is 4.72. The van der Waals surface area contributed by atoms with Crippen molar-refractivity contribution in [2.45, 2.75) is 6.10 Å². The molecule has 2 amide bonds. The van der Waals surface area contributed by atoms with Crippen molar-refractivity contribution >= 4 is 11.8 Å². The summed E-state index contributed by atoms with van der Waals surface area (Å²) in [4.78, 5) is 29.7. The van der Waals surface area contributed by atoms with Crippen molar-refractivity contribution in [2.75, 3.05) is 19.7 Å². The maximum Gasteiger partial charge on any atom is 0.259 e. The second kappa shape index (κ2) is 7.10. The summed E-state index contributed by atoms with van der Waals surface area (Å²) in [6, 6.07) is 12.4. The van der Waals surface area contributed by atoms with Crippen LogP contribution in [0.5, 0.6) is 11.6 Å². The number of nitrogens with two attached hydrogens (primary N) is 1. The number of primary amides is 1. The minimum absolute atomic E-state index is 0.119. The molecule has 1 aliphatic heterocycles. The van der Waals surface area contributed by atoms with Crippen LogP contribution in [-0.2, 0) is 9.53 Å². The summed E-state index contributed by atoms with van der Waals surface area (Å²) < 4.78 is 11.0. The van der Waals surface area contributed by atoms with Gasteiger partial charge in [0.15, 0.2) is 6.10 Å². The highest BCUT2D eigenvalue weighted by atomic mass is 16.5. The lowest BCUT2D eigenvalue weighted by atomic mass is 10.2. The van der Waals surface area contributed by atoms with E-state index < -0.39 is 12.0 Å². The zero-order valence-corrected chi connectivity index (χ0v) is 12.9. The van der Waals surface area contributed by atoms with E-state index in [0.29, 0.717) is 17.9 Å². The summed E-state index contributed by atoms with van der Waals surface area (Å²) in [5.41, 5.74) is 5.59. The van der Waals surface area contributed by atoms with E-state index in [1.165, 1.54) is 4.90 Å². The molecule has 0 spiro atoms. The minimum Gasteiger partial charge on any atom is -0.438 e. The number of nitrogens with zero attached hydrogens (tertiary/aromatic N) is 2. The Balaban J connectivity index is 1.81. The summed E-state index contributed by atoms with van der Waals surface area (Å²) in [7, 11) is 0. The van der Waals surface area contributed by atoms with Crippen LogP contribution in [0.4, 0.5) is 0 Å². The van der Waals surface area contributed by atoms with Gasteiger partial charge in [0.25, 0.3) is 5.91 Å². The quantitative estimate of drug-likeness (QED) is 0.910. The van der Waals surface area contributed by atoms with Crippen molar-refractivity contribution in [3.63, 3.8) is 0 Å². The molecule has 1 atom stereocenters. The summed E-state index contributed by atoms with van der Waals surface area (Å²) in [6.45, 7) is 0.755. The number of para-hydroxylation sites is 1. The van der Waals surface area contributed by atoms with E-state index in [-0.39, 0.29) is 24.9 Å². The van der Waals surface area contributed by atoms with Crippen LogP contribution in [0.1, 0.15) is 10.4 Å². The van der Waals surface area contributed by atoms with Crippen LogP contribution in [-0.4, -0.2) is 47.5 Å². The normalized spacial score (nSPS) is 17.3. The van der Waals surface area contributed by atoms with Gasteiger partial charge in [0.05, 0.1) is 13.2 Å². The van der Waals surface area contributed by atoms with Gasteiger partial charge in [0, 0.05) is 12.7 Å². The molecule has 0 aliphatic carbocycles. The monoisotopic (exact) mass is 327 g/mol. The lowest BCUT2D eigenvalue weighted by molar-refractivity contribution is -0.133. The van der Waals surface area contributed by atoms with Gasteiger partial charge in [-0.2, -0.15) is 0 Å². The second-order valence-corrected chi connectivity index (χ2v) is 5.28. The predicted octanol–water partition coefficient (Wildman–Crippen LogP) is 1.20.